The van der Waals surface area contributed by atoms with Crippen LogP contribution in [0.2, 0.25) is 0 Å². The van der Waals surface area contributed by atoms with Gasteiger partial charge in [0.1, 0.15) is 0 Å². The number of carbonyl (C=O) groups excluding carboxylic acids is 2. The molecule has 6 nitrogen and oxygen atoms in total. The van der Waals surface area contributed by atoms with Crippen LogP contribution in [-0.4, -0.2) is 66.3 Å². The number of nitrogens with one attached hydrogen (secondary N) is 1. The summed E-state index contributed by atoms with van der Waals surface area (Å²) in [5.74, 6) is 0.408. The standard InChI is InChI=1S/C26H33N3O3S/c1-20-17-28(13-14-32-20)18-22-8-6-7-21(15-22)16-27-26(31)23-9-2-3-10-24(23)33-19-25(30)29-11-4-5-12-29/h2-3,6-10,15,20H,4-5,11-14,16-19H2,1H3,(H,27,31). The highest BCUT2D eigenvalue weighted by molar-refractivity contribution is 8.00. The van der Waals surface area contributed by atoms with E-state index in [0.717, 1.165) is 62.6 Å². The first-order valence-electron chi connectivity index (χ1n) is 11.8. The highest BCUT2D eigenvalue weighted by Crippen LogP contribution is 2.24. The quantitative estimate of drug-likeness (QED) is 0.602. The number of benzene rings is 2. The van der Waals surface area contributed by atoms with Crippen LogP contribution in [0.15, 0.2) is 53.4 Å². The second-order valence-corrected chi connectivity index (χ2v) is 9.81. The smallest absolute Gasteiger partial charge is 0.252 e. The molecular formula is C26H33N3O3S. The molecule has 2 amide bonds. The summed E-state index contributed by atoms with van der Waals surface area (Å²) < 4.78 is 5.63. The lowest BCUT2D eigenvalue weighted by Crippen LogP contribution is -2.40. The van der Waals surface area contributed by atoms with Crippen molar-refractivity contribution >= 4 is 23.6 Å². The van der Waals surface area contributed by atoms with Gasteiger partial charge in [0.05, 0.1) is 24.0 Å². The van der Waals surface area contributed by atoms with Crippen molar-refractivity contribution in [3.05, 3.63) is 65.2 Å². The summed E-state index contributed by atoms with van der Waals surface area (Å²) >= 11 is 1.45. The second-order valence-electron chi connectivity index (χ2n) is 8.79. The van der Waals surface area contributed by atoms with Crippen molar-refractivity contribution in [2.75, 3.05) is 38.5 Å². The third-order valence-corrected chi connectivity index (χ3v) is 7.18. The Labute approximate surface area is 200 Å². The Morgan fingerprint density at radius 1 is 1.06 bits per heavy atom. The zero-order chi connectivity index (χ0) is 23.0. The highest BCUT2D eigenvalue weighted by atomic mass is 32.2. The predicted molar refractivity (Wildman–Crippen MR) is 131 cm³/mol. The number of morpholine rings is 1. The molecule has 2 aromatic rings. The minimum atomic E-state index is -0.112. The summed E-state index contributed by atoms with van der Waals surface area (Å²) in [6.07, 6.45) is 2.44. The Balaban J connectivity index is 1.32. The van der Waals surface area contributed by atoms with Gasteiger partial charge in [0, 0.05) is 44.2 Å². The molecular weight excluding hydrogens is 434 g/mol. The number of rotatable bonds is 8. The van der Waals surface area contributed by atoms with Crippen LogP contribution in [0.1, 0.15) is 41.3 Å². The Bertz CT molecular complexity index is 961. The lowest BCUT2D eigenvalue weighted by Gasteiger charge is -2.31. The van der Waals surface area contributed by atoms with Crippen LogP contribution in [0.4, 0.5) is 0 Å². The van der Waals surface area contributed by atoms with Gasteiger partial charge in [0.2, 0.25) is 5.91 Å². The minimum absolute atomic E-state index is 0.112. The van der Waals surface area contributed by atoms with Crippen LogP contribution >= 0.6 is 11.8 Å². The van der Waals surface area contributed by atoms with Gasteiger partial charge in [-0.15, -0.1) is 11.8 Å². The Hall–Kier alpha value is -2.35. The largest absolute Gasteiger partial charge is 0.376 e. The topological polar surface area (TPSA) is 61.9 Å². The van der Waals surface area contributed by atoms with Crippen molar-refractivity contribution in [1.29, 1.82) is 0 Å². The maximum Gasteiger partial charge on any atom is 0.252 e. The molecule has 0 saturated carbocycles. The summed E-state index contributed by atoms with van der Waals surface area (Å²) in [7, 11) is 0. The van der Waals surface area contributed by atoms with E-state index in [4.69, 9.17) is 4.74 Å². The third-order valence-electron chi connectivity index (χ3n) is 6.12. The molecule has 2 aliphatic heterocycles. The highest BCUT2D eigenvalue weighted by Gasteiger charge is 2.20. The van der Waals surface area contributed by atoms with Crippen molar-refractivity contribution in [3.8, 4) is 0 Å². The molecule has 0 bridgehead atoms. The van der Waals surface area contributed by atoms with Crippen LogP contribution < -0.4 is 5.32 Å². The lowest BCUT2D eigenvalue weighted by atomic mass is 10.1. The van der Waals surface area contributed by atoms with E-state index >= 15 is 0 Å². The minimum Gasteiger partial charge on any atom is -0.376 e. The molecule has 2 fully saturated rings. The van der Waals surface area contributed by atoms with Gasteiger partial charge in [-0.2, -0.15) is 0 Å². The normalized spacial score (nSPS) is 18.9. The van der Waals surface area contributed by atoms with Gasteiger partial charge in [-0.3, -0.25) is 14.5 Å². The second kappa shape index (κ2) is 11.7. The van der Waals surface area contributed by atoms with Gasteiger partial charge in [0.15, 0.2) is 0 Å². The molecule has 7 heteroatoms. The molecule has 1 unspecified atom stereocenters. The molecule has 1 atom stereocenters. The summed E-state index contributed by atoms with van der Waals surface area (Å²) in [6.45, 7) is 7.83. The van der Waals surface area contributed by atoms with Gasteiger partial charge >= 0.3 is 0 Å². The fraction of sp³-hybridized carbons (Fsp3) is 0.462. The summed E-state index contributed by atoms with van der Waals surface area (Å²) in [4.78, 5) is 30.5. The van der Waals surface area contributed by atoms with Crippen LogP contribution in [0.25, 0.3) is 0 Å². The molecule has 2 aliphatic rings. The van der Waals surface area contributed by atoms with Gasteiger partial charge < -0.3 is 15.0 Å². The Kier molecular flexibility index (Phi) is 8.42. The van der Waals surface area contributed by atoms with Crippen molar-refractivity contribution in [3.63, 3.8) is 0 Å². The zero-order valence-corrected chi connectivity index (χ0v) is 20.1. The van der Waals surface area contributed by atoms with E-state index in [9.17, 15) is 9.59 Å². The SMILES string of the molecule is CC1CN(Cc2cccc(CNC(=O)c3ccccc3SCC(=O)N3CCCC3)c2)CCO1. The predicted octanol–water partition coefficient (Wildman–Crippen LogP) is 3.55. The number of likely N-dealkylation sites (tertiary alicyclic amines) is 1. The summed E-state index contributed by atoms with van der Waals surface area (Å²) in [6, 6.07) is 15.9. The van der Waals surface area contributed by atoms with Crippen molar-refractivity contribution in [2.24, 2.45) is 0 Å². The summed E-state index contributed by atoms with van der Waals surface area (Å²) in [5.41, 5.74) is 2.94. The van der Waals surface area contributed by atoms with E-state index in [1.165, 1.54) is 17.3 Å². The van der Waals surface area contributed by atoms with E-state index in [0.29, 0.717) is 17.9 Å². The first-order chi connectivity index (χ1) is 16.1. The van der Waals surface area contributed by atoms with Gasteiger partial charge in [-0.1, -0.05) is 36.4 Å². The Morgan fingerprint density at radius 2 is 1.85 bits per heavy atom. The molecule has 4 rings (SSSR count). The zero-order valence-electron chi connectivity index (χ0n) is 19.3. The number of amides is 2. The van der Waals surface area contributed by atoms with Crippen LogP contribution in [0, 0.1) is 0 Å². The molecule has 176 valence electrons. The fourth-order valence-corrected chi connectivity index (χ4v) is 5.34. The first-order valence-corrected chi connectivity index (χ1v) is 12.8. The number of carbonyl (C=O) groups is 2. The van der Waals surface area contributed by atoms with Crippen LogP contribution in [0.5, 0.6) is 0 Å². The van der Waals surface area contributed by atoms with E-state index < -0.39 is 0 Å². The maximum atomic E-state index is 12.9. The number of nitrogens with zero attached hydrogens (tertiary/aromatic N) is 2. The molecule has 33 heavy (non-hydrogen) atoms. The Morgan fingerprint density at radius 3 is 2.67 bits per heavy atom. The molecule has 1 N–H and O–H groups in total. The van der Waals surface area contributed by atoms with Gasteiger partial charge in [-0.05, 0) is 43.0 Å². The molecule has 0 spiro atoms. The van der Waals surface area contributed by atoms with E-state index in [1.807, 2.05) is 35.2 Å². The molecule has 0 aromatic heterocycles. The van der Waals surface area contributed by atoms with Gasteiger partial charge in [0.25, 0.3) is 5.91 Å². The number of hydrogen-bond donors (Lipinski definition) is 1. The van der Waals surface area contributed by atoms with E-state index in [2.05, 4.69) is 35.3 Å². The first kappa shape index (κ1) is 23.8. The lowest BCUT2D eigenvalue weighted by molar-refractivity contribution is -0.127. The average Bonchev–Trinajstić information content (AvgIpc) is 3.37. The third kappa shape index (κ3) is 6.82. The molecule has 0 aliphatic carbocycles. The monoisotopic (exact) mass is 467 g/mol. The number of ether oxygens (including phenoxy) is 1. The van der Waals surface area contributed by atoms with E-state index in [1.54, 1.807) is 0 Å². The molecule has 2 heterocycles. The number of thioether (sulfide) groups is 1. The molecule has 2 saturated heterocycles. The van der Waals surface area contributed by atoms with Crippen molar-refractivity contribution in [1.82, 2.24) is 15.1 Å². The number of hydrogen-bond acceptors (Lipinski definition) is 5. The van der Waals surface area contributed by atoms with E-state index in [-0.39, 0.29) is 17.9 Å². The molecule has 0 radical (unpaired) electrons. The average molecular weight is 468 g/mol. The van der Waals surface area contributed by atoms with Crippen LogP contribution in [0.3, 0.4) is 0 Å². The maximum absolute atomic E-state index is 12.9. The summed E-state index contributed by atoms with van der Waals surface area (Å²) in [5, 5.41) is 3.06. The van der Waals surface area contributed by atoms with Gasteiger partial charge in [-0.25, -0.2) is 0 Å². The fourth-order valence-electron chi connectivity index (χ4n) is 4.39. The van der Waals surface area contributed by atoms with Crippen LogP contribution in [-0.2, 0) is 22.6 Å². The van der Waals surface area contributed by atoms with Crippen molar-refractivity contribution in [2.45, 2.75) is 43.9 Å². The van der Waals surface area contributed by atoms with Crippen molar-refractivity contribution < 1.29 is 14.3 Å². The molecule has 2 aromatic carbocycles.